The molecule has 5 heteroatoms. The number of benzene rings is 1. The fourth-order valence-corrected chi connectivity index (χ4v) is 1.80. The smallest absolute Gasteiger partial charge is 0.138 e. The number of aromatic nitrogens is 2. The van der Waals surface area contributed by atoms with Crippen molar-refractivity contribution in [3.8, 4) is 0 Å². The first-order valence-electron chi connectivity index (χ1n) is 6.33. The molecule has 0 radical (unpaired) electrons. The van der Waals surface area contributed by atoms with E-state index in [1.54, 1.807) is 6.33 Å². The molecule has 5 nitrogen and oxygen atoms in total. The Morgan fingerprint density at radius 3 is 2.58 bits per heavy atom. The van der Waals surface area contributed by atoms with Gasteiger partial charge in [0.1, 0.15) is 18.0 Å². The standard InChI is InChI=1S/C14H19N5/c1-3-16-13-8-14(18-10-17-13)19(2)12-6-4-11(9-15)5-7-12/h4-8,10H,3,9,15H2,1-2H3,(H,16,17,18). The van der Waals surface area contributed by atoms with Crippen molar-refractivity contribution < 1.29 is 0 Å². The molecule has 0 saturated carbocycles. The van der Waals surface area contributed by atoms with Gasteiger partial charge in [-0.25, -0.2) is 9.97 Å². The maximum atomic E-state index is 5.60. The van der Waals surface area contributed by atoms with Crippen molar-refractivity contribution in [2.45, 2.75) is 13.5 Å². The highest BCUT2D eigenvalue weighted by Gasteiger charge is 2.06. The lowest BCUT2D eigenvalue weighted by atomic mass is 10.2. The van der Waals surface area contributed by atoms with Crippen molar-refractivity contribution in [3.63, 3.8) is 0 Å². The SMILES string of the molecule is CCNc1cc(N(C)c2ccc(CN)cc2)ncn1. The predicted octanol–water partition coefficient (Wildman–Crippen LogP) is 2.13. The van der Waals surface area contributed by atoms with Crippen LogP contribution in [-0.4, -0.2) is 23.6 Å². The number of hydrogen-bond acceptors (Lipinski definition) is 5. The molecule has 0 bridgehead atoms. The molecule has 0 spiro atoms. The molecule has 1 aromatic carbocycles. The number of nitrogens with two attached hydrogens (primary N) is 1. The molecule has 0 aliphatic rings. The monoisotopic (exact) mass is 257 g/mol. The Kier molecular flexibility index (Phi) is 4.30. The first kappa shape index (κ1) is 13.3. The van der Waals surface area contributed by atoms with Crippen LogP contribution in [0.5, 0.6) is 0 Å². The van der Waals surface area contributed by atoms with Crippen LogP contribution < -0.4 is 16.0 Å². The van der Waals surface area contributed by atoms with Crippen molar-refractivity contribution >= 4 is 17.3 Å². The van der Waals surface area contributed by atoms with E-state index in [1.165, 1.54) is 0 Å². The Morgan fingerprint density at radius 1 is 1.21 bits per heavy atom. The number of rotatable bonds is 5. The molecule has 0 aliphatic heterocycles. The van der Waals surface area contributed by atoms with Crippen LogP contribution in [-0.2, 0) is 6.54 Å². The summed E-state index contributed by atoms with van der Waals surface area (Å²) in [5, 5.41) is 3.18. The molecule has 0 amide bonds. The molecule has 19 heavy (non-hydrogen) atoms. The third-order valence-electron chi connectivity index (χ3n) is 2.91. The fourth-order valence-electron chi connectivity index (χ4n) is 1.80. The van der Waals surface area contributed by atoms with Gasteiger partial charge in [-0.15, -0.1) is 0 Å². The van der Waals surface area contributed by atoms with E-state index in [9.17, 15) is 0 Å². The summed E-state index contributed by atoms with van der Waals surface area (Å²) in [7, 11) is 1.98. The normalized spacial score (nSPS) is 10.3. The van der Waals surface area contributed by atoms with Gasteiger partial charge in [-0.05, 0) is 24.6 Å². The van der Waals surface area contributed by atoms with Crippen molar-refractivity contribution in [1.82, 2.24) is 9.97 Å². The minimum Gasteiger partial charge on any atom is -0.370 e. The summed E-state index contributed by atoms with van der Waals surface area (Å²) in [4.78, 5) is 10.5. The van der Waals surface area contributed by atoms with Gasteiger partial charge in [0.25, 0.3) is 0 Å². The van der Waals surface area contributed by atoms with E-state index < -0.39 is 0 Å². The maximum absolute atomic E-state index is 5.60. The van der Waals surface area contributed by atoms with Gasteiger partial charge in [0.15, 0.2) is 0 Å². The minimum atomic E-state index is 0.558. The summed E-state index contributed by atoms with van der Waals surface area (Å²) >= 11 is 0. The molecule has 2 rings (SSSR count). The third-order valence-corrected chi connectivity index (χ3v) is 2.91. The van der Waals surface area contributed by atoms with Crippen LogP contribution in [0.3, 0.4) is 0 Å². The lowest BCUT2D eigenvalue weighted by molar-refractivity contribution is 1.05. The van der Waals surface area contributed by atoms with E-state index in [0.29, 0.717) is 6.54 Å². The van der Waals surface area contributed by atoms with Gasteiger partial charge in [0.05, 0.1) is 0 Å². The zero-order chi connectivity index (χ0) is 13.7. The second-order valence-electron chi connectivity index (χ2n) is 4.22. The number of hydrogen-bond donors (Lipinski definition) is 2. The average molecular weight is 257 g/mol. The first-order valence-corrected chi connectivity index (χ1v) is 6.33. The summed E-state index contributed by atoms with van der Waals surface area (Å²) in [6, 6.07) is 10.1. The predicted molar refractivity (Wildman–Crippen MR) is 78.6 cm³/mol. The van der Waals surface area contributed by atoms with E-state index >= 15 is 0 Å². The molecule has 0 fully saturated rings. The number of nitrogens with one attached hydrogen (secondary N) is 1. The van der Waals surface area contributed by atoms with Crippen molar-refractivity contribution in [1.29, 1.82) is 0 Å². The molecular formula is C14H19N5. The second-order valence-corrected chi connectivity index (χ2v) is 4.22. The number of anilines is 3. The summed E-state index contributed by atoms with van der Waals surface area (Å²) in [5.74, 6) is 1.68. The zero-order valence-corrected chi connectivity index (χ0v) is 11.3. The lowest BCUT2D eigenvalue weighted by Crippen LogP contribution is -2.12. The Morgan fingerprint density at radius 2 is 1.95 bits per heavy atom. The van der Waals surface area contributed by atoms with Gasteiger partial charge < -0.3 is 16.0 Å². The summed E-state index contributed by atoms with van der Waals surface area (Å²) < 4.78 is 0. The molecule has 0 saturated heterocycles. The molecule has 2 aromatic rings. The van der Waals surface area contributed by atoms with E-state index in [4.69, 9.17) is 5.73 Å². The zero-order valence-electron chi connectivity index (χ0n) is 11.3. The molecule has 0 aliphatic carbocycles. The first-order chi connectivity index (χ1) is 9.24. The topological polar surface area (TPSA) is 67.1 Å². The van der Waals surface area contributed by atoms with Gasteiger partial charge in [0.2, 0.25) is 0 Å². The lowest BCUT2D eigenvalue weighted by Gasteiger charge is -2.19. The maximum Gasteiger partial charge on any atom is 0.138 e. The highest BCUT2D eigenvalue weighted by Crippen LogP contribution is 2.22. The summed E-state index contributed by atoms with van der Waals surface area (Å²) in [5.41, 5.74) is 7.78. The van der Waals surface area contributed by atoms with Crippen molar-refractivity contribution in [2.24, 2.45) is 5.73 Å². The highest BCUT2D eigenvalue weighted by atomic mass is 15.2. The van der Waals surface area contributed by atoms with Crippen LogP contribution in [0.1, 0.15) is 12.5 Å². The van der Waals surface area contributed by atoms with Gasteiger partial charge in [-0.3, -0.25) is 0 Å². The van der Waals surface area contributed by atoms with E-state index in [1.807, 2.05) is 49.2 Å². The Balaban J connectivity index is 2.22. The number of nitrogens with zero attached hydrogens (tertiary/aromatic N) is 3. The van der Waals surface area contributed by atoms with E-state index in [0.717, 1.165) is 29.4 Å². The average Bonchev–Trinajstić information content (AvgIpc) is 2.47. The summed E-state index contributed by atoms with van der Waals surface area (Å²) in [6.45, 7) is 3.43. The van der Waals surface area contributed by atoms with Crippen LogP contribution in [0, 0.1) is 0 Å². The van der Waals surface area contributed by atoms with Crippen LogP contribution in [0.15, 0.2) is 36.7 Å². The molecule has 1 aromatic heterocycles. The van der Waals surface area contributed by atoms with E-state index in [-0.39, 0.29) is 0 Å². The van der Waals surface area contributed by atoms with Gasteiger partial charge in [-0.1, -0.05) is 12.1 Å². The van der Waals surface area contributed by atoms with Gasteiger partial charge in [0, 0.05) is 31.9 Å². The molecule has 0 unspecified atom stereocenters. The largest absolute Gasteiger partial charge is 0.370 e. The Labute approximate surface area is 113 Å². The molecule has 3 N–H and O–H groups in total. The van der Waals surface area contributed by atoms with Crippen molar-refractivity contribution in [2.75, 3.05) is 23.8 Å². The van der Waals surface area contributed by atoms with Crippen LogP contribution >= 0.6 is 0 Å². The van der Waals surface area contributed by atoms with Crippen LogP contribution in [0.2, 0.25) is 0 Å². The minimum absolute atomic E-state index is 0.558. The van der Waals surface area contributed by atoms with E-state index in [2.05, 4.69) is 15.3 Å². The van der Waals surface area contributed by atoms with Crippen LogP contribution in [0.25, 0.3) is 0 Å². The Bertz CT molecular complexity index is 524. The summed E-state index contributed by atoms with van der Waals surface area (Å²) in [6.07, 6.45) is 1.57. The van der Waals surface area contributed by atoms with Gasteiger partial charge >= 0.3 is 0 Å². The molecule has 100 valence electrons. The van der Waals surface area contributed by atoms with Gasteiger partial charge in [-0.2, -0.15) is 0 Å². The second kappa shape index (κ2) is 6.15. The fraction of sp³-hybridized carbons (Fsp3) is 0.286. The van der Waals surface area contributed by atoms with Crippen molar-refractivity contribution in [3.05, 3.63) is 42.2 Å². The third kappa shape index (κ3) is 3.20. The Hall–Kier alpha value is -2.14. The highest BCUT2D eigenvalue weighted by molar-refractivity contribution is 5.61. The molecular weight excluding hydrogens is 238 g/mol. The molecule has 0 atom stereocenters. The molecule has 1 heterocycles. The van der Waals surface area contributed by atoms with Crippen LogP contribution in [0.4, 0.5) is 17.3 Å². The quantitative estimate of drug-likeness (QED) is 0.859.